The number of carbonyl (C=O) groups excluding carboxylic acids is 4. The number of benzene rings is 4. The van der Waals surface area contributed by atoms with E-state index in [4.69, 9.17) is 28.4 Å². The minimum atomic E-state index is -0.484. The summed E-state index contributed by atoms with van der Waals surface area (Å²) in [5.74, 6) is -0.0989. The standard InChI is InChI=1S/C44H50O10/c1-5-25-51-31(3)43(47)37-11-7-33(8-12-37)35-15-19-39(20-16-35)53-41(45)23-27-49-29-30-50-28-24-42(46)54-40-21-17-36(18-22-40)34-9-13-38(14-10-34)44(48)32(4)52-26-6-2/h7-22,31-32H,5-6,23-30H2,1-4H3. The van der Waals surface area contributed by atoms with E-state index in [-0.39, 0.29) is 50.8 Å². The highest BCUT2D eigenvalue weighted by Gasteiger charge is 2.17. The Balaban J connectivity index is 1.06. The first-order valence-electron chi connectivity index (χ1n) is 18.5. The third-order valence-corrected chi connectivity index (χ3v) is 8.33. The smallest absolute Gasteiger partial charge is 0.313 e. The number of ketones is 2. The van der Waals surface area contributed by atoms with Crippen LogP contribution in [-0.4, -0.2) is 75.4 Å². The van der Waals surface area contributed by atoms with Gasteiger partial charge in [-0.15, -0.1) is 0 Å². The summed E-state index contributed by atoms with van der Waals surface area (Å²) < 4.78 is 32.9. The molecular formula is C44H50O10. The van der Waals surface area contributed by atoms with Crippen LogP contribution < -0.4 is 9.47 Å². The molecule has 0 aliphatic rings. The van der Waals surface area contributed by atoms with Crippen LogP contribution in [0.2, 0.25) is 0 Å². The van der Waals surface area contributed by atoms with Crippen molar-refractivity contribution in [2.24, 2.45) is 0 Å². The van der Waals surface area contributed by atoms with Crippen LogP contribution in [0.3, 0.4) is 0 Å². The van der Waals surface area contributed by atoms with E-state index in [2.05, 4.69) is 0 Å². The van der Waals surface area contributed by atoms with Gasteiger partial charge in [-0.2, -0.15) is 0 Å². The number of ether oxygens (including phenoxy) is 6. The minimum absolute atomic E-state index is 0.0503. The van der Waals surface area contributed by atoms with Crippen LogP contribution >= 0.6 is 0 Å². The van der Waals surface area contributed by atoms with Crippen LogP contribution in [0.15, 0.2) is 97.1 Å². The van der Waals surface area contributed by atoms with E-state index in [0.29, 0.717) is 35.8 Å². The Bertz CT molecular complexity index is 1630. The number of carbonyl (C=O) groups is 4. The second kappa shape index (κ2) is 22.3. The number of hydrogen-bond acceptors (Lipinski definition) is 10. The molecule has 4 aromatic carbocycles. The van der Waals surface area contributed by atoms with Crippen molar-refractivity contribution in [3.8, 4) is 33.8 Å². The van der Waals surface area contributed by atoms with Gasteiger partial charge in [0.25, 0.3) is 0 Å². The van der Waals surface area contributed by atoms with E-state index in [0.717, 1.165) is 35.1 Å². The molecule has 0 saturated heterocycles. The maximum atomic E-state index is 12.5. The summed E-state index contributed by atoms with van der Waals surface area (Å²) >= 11 is 0. The maximum Gasteiger partial charge on any atom is 0.313 e. The molecule has 0 bridgehead atoms. The SMILES string of the molecule is CCCOC(C)C(=O)c1ccc(-c2ccc(OC(=O)CCOCCOCCC(=O)Oc3ccc(-c4ccc(C(=O)C(C)OCCC)cc4)cc3)cc2)cc1. The molecule has 0 N–H and O–H groups in total. The van der Waals surface area contributed by atoms with Gasteiger partial charge in [0.2, 0.25) is 0 Å². The van der Waals surface area contributed by atoms with E-state index in [1.165, 1.54) is 0 Å². The fraction of sp³-hybridized carbons (Fsp3) is 0.364. The van der Waals surface area contributed by atoms with Crippen molar-refractivity contribution in [2.45, 2.75) is 65.6 Å². The van der Waals surface area contributed by atoms with Crippen molar-refractivity contribution in [3.63, 3.8) is 0 Å². The second-order valence-electron chi connectivity index (χ2n) is 12.6. The van der Waals surface area contributed by atoms with Gasteiger partial charge < -0.3 is 28.4 Å². The summed E-state index contributed by atoms with van der Waals surface area (Å²) in [4.78, 5) is 49.6. The van der Waals surface area contributed by atoms with Crippen molar-refractivity contribution >= 4 is 23.5 Å². The molecular weight excluding hydrogens is 688 g/mol. The average Bonchev–Trinajstić information content (AvgIpc) is 3.20. The van der Waals surface area contributed by atoms with E-state index in [1.54, 1.807) is 62.4 Å². The van der Waals surface area contributed by atoms with Gasteiger partial charge in [0.05, 0.1) is 39.3 Å². The first-order chi connectivity index (χ1) is 26.2. The summed E-state index contributed by atoms with van der Waals surface area (Å²) in [6.45, 7) is 9.48. The molecule has 0 amide bonds. The molecule has 2 atom stereocenters. The van der Waals surface area contributed by atoms with Crippen LogP contribution in [-0.2, 0) is 28.5 Å². The fourth-order valence-electron chi connectivity index (χ4n) is 5.29. The Morgan fingerprint density at radius 3 is 1.07 bits per heavy atom. The van der Waals surface area contributed by atoms with Crippen LogP contribution in [0.5, 0.6) is 11.5 Å². The van der Waals surface area contributed by atoms with Crippen molar-refractivity contribution < 1.29 is 47.6 Å². The number of esters is 2. The fourth-order valence-corrected chi connectivity index (χ4v) is 5.29. The number of rotatable bonds is 23. The molecule has 0 fully saturated rings. The van der Waals surface area contributed by atoms with Gasteiger partial charge in [-0.05, 0) is 73.2 Å². The quantitative estimate of drug-likeness (QED) is 0.0318. The second-order valence-corrected chi connectivity index (χ2v) is 12.6. The molecule has 0 aliphatic heterocycles. The number of hydrogen-bond donors (Lipinski definition) is 0. The maximum absolute atomic E-state index is 12.5. The Labute approximate surface area is 317 Å². The zero-order valence-corrected chi connectivity index (χ0v) is 31.5. The van der Waals surface area contributed by atoms with Crippen LogP contribution in [0, 0.1) is 0 Å². The lowest BCUT2D eigenvalue weighted by Crippen LogP contribution is -2.21. The van der Waals surface area contributed by atoms with E-state index < -0.39 is 24.1 Å². The lowest BCUT2D eigenvalue weighted by atomic mass is 10.0. The van der Waals surface area contributed by atoms with Crippen LogP contribution in [0.4, 0.5) is 0 Å². The Morgan fingerprint density at radius 1 is 0.444 bits per heavy atom. The largest absolute Gasteiger partial charge is 0.426 e. The zero-order valence-electron chi connectivity index (χ0n) is 31.5. The van der Waals surface area contributed by atoms with Crippen molar-refractivity contribution in [3.05, 3.63) is 108 Å². The molecule has 54 heavy (non-hydrogen) atoms. The normalized spacial score (nSPS) is 12.1. The van der Waals surface area contributed by atoms with Gasteiger partial charge in [0.15, 0.2) is 11.6 Å². The summed E-state index contributed by atoms with van der Waals surface area (Å²) in [5.41, 5.74) is 4.91. The Hall–Kier alpha value is -5.00. The molecule has 0 aromatic heterocycles. The molecule has 2 unspecified atom stereocenters. The third-order valence-electron chi connectivity index (χ3n) is 8.33. The monoisotopic (exact) mass is 738 g/mol. The summed E-state index contributed by atoms with van der Waals surface area (Å²) in [7, 11) is 0. The first-order valence-corrected chi connectivity index (χ1v) is 18.5. The topological polar surface area (TPSA) is 124 Å². The van der Waals surface area contributed by atoms with E-state index in [9.17, 15) is 19.2 Å². The molecule has 4 aromatic rings. The van der Waals surface area contributed by atoms with Gasteiger partial charge >= 0.3 is 11.9 Å². The first kappa shape index (κ1) is 41.8. The molecule has 10 nitrogen and oxygen atoms in total. The lowest BCUT2D eigenvalue weighted by Gasteiger charge is -2.12. The predicted molar refractivity (Wildman–Crippen MR) is 206 cm³/mol. The van der Waals surface area contributed by atoms with Crippen LogP contribution in [0.25, 0.3) is 22.3 Å². The summed E-state index contributed by atoms with van der Waals surface area (Å²) in [5, 5.41) is 0. The van der Waals surface area contributed by atoms with Crippen molar-refractivity contribution in [1.29, 1.82) is 0 Å². The highest BCUT2D eigenvalue weighted by molar-refractivity contribution is 6.00. The Morgan fingerprint density at radius 2 is 0.759 bits per heavy atom. The molecule has 0 heterocycles. The van der Waals surface area contributed by atoms with Gasteiger partial charge in [-0.3, -0.25) is 19.2 Å². The molecule has 0 spiro atoms. The van der Waals surface area contributed by atoms with E-state index >= 15 is 0 Å². The average molecular weight is 739 g/mol. The lowest BCUT2D eigenvalue weighted by molar-refractivity contribution is -0.137. The minimum Gasteiger partial charge on any atom is -0.426 e. The van der Waals surface area contributed by atoms with Crippen LogP contribution in [0.1, 0.15) is 74.1 Å². The zero-order chi connectivity index (χ0) is 38.7. The van der Waals surface area contributed by atoms with Crippen molar-refractivity contribution in [2.75, 3.05) is 39.6 Å². The Kier molecular flexibility index (Phi) is 17.2. The van der Waals surface area contributed by atoms with Gasteiger partial charge in [-0.1, -0.05) is 86.6 Å². The molecule has 4 rings (SSSR count). The highest BCUT2D eigenvalue weighted by Crippen LogP contribution is 2.25. The van der Waals surface area contributed by atoms with Crippen molar-refractivity contribution in [1.82, 2.24) is 0 Å². The molecule has 10 heteroatoms. The van der Waals surface area contributed by atoms with Gasteiger partial charge in [-0.25, -0.2) is 0 Å². The number of Topliss-reactive ketones (excluding diaryl/α,β-unsaturated/α-hetero) is 2. The molecule has 0 aliphatic carbocycles. The third kappa shape index (κ3) is 13.4. The molecule has 286 valence electrons. The highest BCUT2D eigenvalue weighted by atomic mass is 16.6. The summed E-state index contributed by atoms with van der Waals surface area (Å²) in [6, 6.07) is 29.0. The predicted octanol–water partition coefficient (Wildman–Crippen LogP) is 8.34. The van der Waals surface area contributed by atoms with Gasteiger partial charge in [0.1, 0.15) is 23.7 Å². The van der Waals surface area contributed by atoms with Gasteiger partial charge in [0, 0.05) is 24.3 Å². The van der Waals surface area contributed by atoms with E-state index in [1.807, 2.05) is 62.4 Å². The summed E-state index contributed by atoms with van der Waals surface area (Å²) in [6.07, 6.45) is 0.885. The molecule has 0 saturated carbocycles. The molecule has 0 radical (unpaired) electrons.